The number of thioether (sulfide) groups is 1. The van der Waals surface area contributed by atoms with Crippen LogP contribution in [-0.4, -0.2) is 50.3 Å². The molecule has 2 aromatic rings. The van der Waals surface area contributed by atoms with Crippen molar-refractivity contribution in [1.29, 1.82) is 0 Å². The smallest absolute Gasteiger partial charge is 0.233 e. The fourth-order valence-corrected chi connectivity index (χ4v) is 3.81. The van der Waals surface area contributed by atoms with Crippen LogP contribution in [0.2, 0.25) is 0 Å². The first-order valence-corrected chi connectivity index (χ1v) is 9.79. The van der Waals surface area contributed by atoms with E-state index in [9.17, 15) is 9.59 Å². The minimum Gasteiger partial charge on any atom is -0.461 e. The third-order valence-corrected chi connectivity index (χ3v) is 5.28. The average molecular weight is 377 g/mol. The van der Waals surface area contributed by atoms with Gasteiger partial charge in [-0.25, -0.2) is 0 Å². The second-order valence-corrected chi connectivity index (χ2v) is 7.18. The maximum atomic E-state index is 12.5. The van der Waals surface area contributed by atoms with Crippen LogP contribution in [0.15, 0.2) is 28.0 Å². The van der Waals surface area contributed by atoms with Crippen LogP contribution in [0.3, 0.4) is 0 Å². The van der Waals surface area contributed by atoms with Gasteiger partial charge in [0, 0.05) is 26.1 Å². The molecule has 0 saturated carbocycles. The van der Waals surface area contributed by atoms with Gasteiger partial charge in [-0.05, 0) is 25.0 Å². The Bertz CT molecular complexity index is 736. The molecular weight excluding hydrogens is 354 g/mol. The summed E-state index contributed by atoms with van der Waals surface area (Å²) in [5, 5.41) is 8.93. The lowest BCUT2D eigenvalue weighted by molar-refractivity contribution is -0.128. The standard InChI is InChI=1S/C17H23N5O3S/c18-14(23)7-10-22-16(13-6-5-11-25-13)19-20-17(22)26-12-15(24)21-8-3-1-2-4-9-21/h5-6,11H,1-4,7-10,12H2,(H2,18,23). The first-order valence-electron chi connectivity index (χ1n) is 8.81. The van der Waals surface area contributed by atoms with Gasteiger partial charge in [-0.3, -0.25) is 14.2 Å². The molecule has 3 heterocycles. The Labute approximate surface area is 156 Å². The molecule has 0 aliphatic carbocycles. The van der Waals surface area contributed by atoms with Crippen molar-refractivity contribution >= 4 is 23.6 Å². The molecule has 9 heteroatoms. The van der Waals surface area contributed by atoms with E-state index in [0.29, 0.717) is 29.0 Å². The molecule has 0 atom stereocenters. The second-order valence-electron chi connectivity index (χ2n) is 6.24. The Morgan fingerprint density at radius 1 is 1.19 bits per heavy atom. The zero-order valence-corrected chi connectivity index (χ0v) is 15.4. The summed E-state index contributed by atoms with van der Waals surface area (Å²) in [7, 11) is 0. The molecule has 2 amide bonds. The molecule has 0 radical (unpaired) electrons. The van der Waals surface area contributed by atoms with Crippen molar-refractivity contribution in [2.45, 2.75) is 43.8 Å². The van der Waals surface area contributed by atoms with Gasteiger partial charge in [-0.1, -0.05) is 24.6 Å². The van der Waals surface area contributed by atoms with Crippen LogP contribution in [0.4, 0.5) is 0 Å². The van der Waals surface area contributed by atoms with E-state index >= 15 is 0 Å². The first kappa shape index (κ1) is 18.5. The molecule has 0 bridgehead atoms. The molecule has 2 N–H and O–H groups in total. The summed E-state index contributed by atoms with van der Waals surface area (Å²) in [5.41, 5.74) is 5.28. The van der Waals surface area contributed by atoms with E-state index in [2.05, 4.69) is 10.2 Å². The Hall–Kier alpha value is -2.29. The van der Waals surface area contributed by atoms with Gasteiger partial charge in [-0.2, -0.15) is 0 Å². The van der Waals surface area contributed by atoms with Crippen molar-refractivity contribution in [2.24, 2.45) is 5.73 Å². The van der Waals surface area contributed by atoms with Gasteiger partial charge in [0.2, 0.25) is 11.8 Å². The predicted octanol–water partition coefficient (Wildman–Crippen LogP) is 1.91. The monoisotopic (exact) mass is 377 g/mol. The van der Waals surface area contributed by atoms with Gasteiger partial charge in [-0.15, -0.1) is 10.2 Å². The number of carbonyl (C=O) groups excluding carboxylic acids is 2. The highest BCUT2D eigenvalue weighted by Crippen LogP contribution is 2.25. The van der Waals surface area contributed by atoms with E-state index in [1.165, 1.54) is 24.6 Å². The largest absolute Gasteiger partial charge is 0.461 e. The lowest BCUT2D eigenvalue weighted by atomic mass is 10.2. The van der Waals surface area contributed by atoms with E-state index in [4.69, 9.17) is 10.2 Å². The third kappa shape index (κ3) is 4.66. The lowest BCUT2D eigenvalue weighted by Gasteiger charge is -2.19. The SMILES string of the molecule is NC(=O)CCn1c(SCC(=O)N2CCCCCC2)nnc1-c1ccco1. The van der Waals surface area contributed by atoms with Crippen molar-refractivity contribution in [3.8, 4) is 11.6 Å². The molecule has 1 aliphatic rings. The zero-order valence-electron chi connectivity index (χ0n) is 14.6. The molecular formula is C17H23N5O3S. The van der Waals surface area contributed by atoms with Crippen molar-refractivity contribution < 1.29 is 14.0 Å². The van der Waals surface area contributed by atoms with Crippen LogP contribution in [-0.2, 0) is 16.1 Å². The van der Waals surface area contributed by atoms with Crippen LogP contribution in [0.25, 0.3) is 11.6 Å². The number of nitrogens with zero attached hydrogens (tertiary/aromatic N) is 4. The summed E-state index contributed by atoms with van der Waals surface area (Å²) >= 11 is 1.33. The summed E-state index contributed by atoms with van der Waals surface area (Å²) in [5.74, 6) is 1.10. The van der Waals surface area contributed by atoms with Crippen LogP contribution >= 0.6 is 11.8 Å². The van der Waals surface area contributed by atoms with Gasteiger partial charge < -0.3 is 15.1 Å². The third-order valence-electron chi connectivity index (χ3n) is 4.32. The van der Waals surface area contributed by atoms with E-state index in [0.717, 1.165) is 25.9 Å². The minimum absolute atomic E-state index is 0.112. The van der Waals surface area contributed by atoms with Gasteiger partial charge in [0.05, 0.1) is 12.0 Å². The van der Waals surface area contributed by atoms with Crippen molar-refractivity contribution in [3.05, 3.63) is 18.4 Å². The topological polar surface area (TPSA) is 107 Å². The number of carbonyl (C=O) groups is 2. The summed E-state index contributed by atoms with van der Waals surface area (Å²) < 4.78 is 7.17. The number of nitrogens with two attached hydrogens (primary N) is 1. The summed E-state index contributed by atoms with van der Waals surface area (Å²) in [4.78, 5) is 25.6. The minimum atomic E-state index is -0.402. The highest BCUT2D eigenvalue weighted by atomic mass is 32.2. The van der Waals surface area contributed by atoms with Gasteiger partial charge >= 0.3 is 0 Å². The summed E-state index contributed by atoms with van der Waals surface area (Å²) in [6, 6.07) is 3.54. The van der Waals surface area contributed by atoms with E-state index in [1.54, 1.807) is 23.0 Å². The molecule has 1 aliphatic heterocycles. The maximum absolute atomic E-state index is 12.5. The predicted molar refractivity (Wildman–Crippen MR) is 97.3 cm³/mol. The number of furan rings is 1. The summed E-state index contributed by atoms with van der Waals surface area (Å²) in [6.45, 7) is 2.00. The molecule has 26 heavy (non-hydrogen) atoms. The summed E-state index contributed by atoms with van der Waals surface area (Å²) in [6.07, 6.45) is 6.22. The highest BCUT2D eigenvalue weighted by molar-refractivity contribution is 7.99. The molecule has 0 aromatic carbocycles. The molecule has 1 saturated heterocycles. The number of primary amides is 1. The van der Waals surface area contributed by atoms with Crippen LogP contribution in [0.5, 0.6) is 0 Å². The van der Waals surface area contributed by atoms with Crippen molar-refractivity contribution in [3.63, 3.8) is 0 Å². The molecule has 140 valence electrons. The number of hydrogen-bond donors (Lipinski definition) is 1. The Morgan fingerprint density at radius 3 is 2.62 bits per heavy atom. The number of rotatable bonds is 7. The molecule has 3 rings (SSSR count). The van der Waals surface area contributed by atoms with Crippen molar-refractivity contribution in [2.75, 3.05) is 18.8 Å². The average Bonchev–Trinajstić information content (AvgIpc) is 3.20. The van der Waals surface area contributed by atoms with Gasteiger partial charge in [0.1, 0.15) is 0 Å². The van der Waals surface area contributed by atoms with Crippen molar-refractivity contribution in [1.82, 2.24) is 19.7 Å². The van der Waals surface area contributed by atoms with Gasteiger partial charge in [0.15, 0.2) is 16.7 Å². The quantitative estimate of drug-likeness (QED) is 0.739. The fraction of sp³-hybridized carbons (Fsp3) is 0.529. The Morgan fingerprint density at radius 2 is 1.96 bits per heavy atom. The molecule has 0 unspecified atom stereocenters. The number of amides is 2. The van der Waals surface area contributed by atoms with E-state index in [-0.39, 0.29) is 12.3 Å². The fourth-order valence-electron chi connectivity index (χ4n) is 2.94. The molecule has 1 fully saturated rings. The molecule has 0 spiro atoms. The Kier molecular flexibility index (Phi) is 6.32. The van der Waals surface area contributed by atoms with Crippen LogP contribution in [0, 0.1) is 0 Å². The number of likely N-dealkylation sites (tertiary alicyclic amines) is 1. The molecule has 8 nitrogen and oxygen atoms in total. The van der Waals surface area contributed by atoms with Gasteiger partial charge in [0.25, 0.3) is 0 Å². The van der Waals surface area contributed by atoms with Crippen LogP contribution in [0.1, 0.15) is 32.1 Å². The number of aromatic nitrogens is 3. The molecule has 2 aromatic heterocycles. The van der Waals surface area contributed by atoms with E-state index in [1.807, 2.05) is 4.90 Å². The Balaban J connectivity index is 1.70. The second kappa shape index (κ2) is 8.88. The first-order chi connectivity index (χ1) is 12.6. The highest BCUT2D eigenvalue weighted by Gasteiger charge is 2.20. The zero-order chi connectivity index (χ0) is 18.4. The number of hydrogen-bond acceptors (Lipinski definition) is 6. The maximum Gasteiger partial charge on any atom is 0.233 e. The van der Waals surface area contributed by atoms with Crippen LogP contribution < -0.4 is 5.73 Å². The van der Waals surface area contributed by atoms with E-state index < -0.39 is 5.91 Å². The lowest BCUT2D eigenvalue weighted by Crippen LogP contribution is -2.33. The normalized spacial score (nSPS) is 15.0.